The van der Waals surface area contributed by atoms with E-state index in [2.05, 4.69) is 168 Å². The summed E-state index contributed by atoms with van der Waals surface area (Å²) in [6.45, 7) is 0. The first kappa shape index (κ1) is 28.2. The van der Waals surface area contributed by atoms with Gasteiger partial charge in [-0.2, -0.15) is 0 Å². The number of hydrogen-bond donors (Lipinski definition) is 0. The fourth-order valence-corrected chi connectivity index (χ4v) is 10.1. The molecule has 0 bridgehead atoms. The first-order chi connectivity index (χ1) is 29.5. The molecule has 1 aromatic heterocycles. The van der Waals surface area contributed by atoms with E-state index in [1.54, 1.807) is 0 Å². The van der Waals surface area contributed by atoms with Gasteiger partial charge in [-0.1, -0.05) is 140 Å². The van der Waals surface area contributed by atoms with Crippen LogP contribution in [0.4, 0.5) is 0 Å². The van der Waals surface area contributed by atoms with Gasteiger partial charge < -0.3 is 4.57 Å². The van der Waals surface area contributed by atoms with Crippen LogP contribution < -0.4 is 0 Å². The molecule has 10 aromatic carbocycles. The minimum Gasteiger partial charge on any atom is -0.309 e. The number of benzene rings is 10. The molecule has 0 radical (unpaired) electrons. The first-order valence-electron chi connectivity index (χ1n) is 21.4. The molecule has 0 fully saturated rings. The summed E-state index contributed by atoms with van der Waals surface area (Å²) in [5.41, 5.74) is 12.5. The number of fused-ring (bicyclic) bond motifs is 3. The second-order valence-electron chi connectivity index (χ2n) is 15.6. The van der Waals surface area contributed by atoms with Gasteiger partial charge in [-0.25, -0.2) is 0 Å². The molecule has 13 rings (SSSR count). The van der Waals surface area contributed by atoms with Crippen LogP contribution in [-0.4, -0.2) is 4.57 Å². The summed E-state index contributed by atoms with van der Waals surface area (Å²) in [5, 5.41) is 11.4. The molecule has 0 saturated heterocycles. The molecule has 0 aliphatic heterocycles. The Balaban J connectivity index is 1.14. The molecule has 2 aliphatic carbocycles. The van der Waals surface area contributed by atoms with Gasteiger partial charge in [0.25, 0.3) is 0 Å². The molecule has 0 atom stereocenters. The van der Waals surface area contributed by atoms with Crippen LogP contribution in [0.1, 0.15) is 27.2 Å². The summed E-state index contributed by atoms with van der Waals surface area (Å²) < 4.78 is 33.0. The van der Waals surface area contributed by atoms with Gasteiger partial charge in [-0.15, -0.1) is 0 Å². The predicted molar refractivity (Wildman–Crippen MR) is 244 cm³/mol. The normalized spacial score (nSPS) is 14.2. The average molecular weight is 725 g/mol. The van der Waals surface area contributed by atoms with E-state index < -0.39 is 0 Å². The lowest BCUT2D eigenvalue weighted by atomic mass is 9.78. The maximum atomic E-state index is 10.2. The van der Waals surface area contributed by atoms with Gasteiger partial charge in [-0.05, 0) is 160 Å². The summed E-state index contributed by atoms with van der Waals surface area (Å²) in [7, 11) is 0. The molecular formula is C56H35N. The number of para-hydroxylation sites is 2. The minimum atomic E-state index is 0.203. The maximum absolute atomic E-state index is 10.2. The van der Waals surface area contributed by atoms with Crippen LogP contribution in [0.25, 0.3) is 116 Å². The van der Waals surface area contributed by atoms with E-state index in [-0.39, 0.29) is 18.1 Å². The van der Waals surface area contributed by atoms with E-state index in [1.165, 1.54) is 43.6 Å². The monoisotopic (exact) mass is 724 g/mol. The molecule has 0 saturated carbocycles. The zero-order valence-electron chi connectivity index (χ0n) is 34.0. The Morgan fingerprint density at radius 2 is 1.14 bits per heavy atom. The van der Waals surface area contributed by atoms with Crippen molar-refractivity contribution in [2.45, 2.75) is 12.8 Å². The van der Waals surface area contributed by atoms with Gasteiger partial charge >= 0.3 is 0 Å². The molecule has 0 spiro atoms. The molecule has 1 heteroatoms. The second-order valence-corrected chi connectivity index (χ2v) is 15.6. The lowest BCUT2D eigenvalue weighted by molar-refractivity contribution is 1.18. The average Bonchev–Trinajstić information content (AvgIpc) is 3.62. The van der Waals surface area contributed by atoms with Crippen LogP contribution in [0.3, 0.4) is 0 Å². The van der Waals surface area contributed by atoms with E-state index in [0.29, 0.717) is 16.7 Å². The minimum absolute atomic E-state index is 0.203. The maximum Gasteiger partial charge on any atom is 0.0636 e. The Morgan fingerprint density at radius 3 is 2.02 bits per heavy atom. The van der Waals surface area contributed by atoms with Gasteiger partial charge in [0.05, 0.1) is 15.1 Å². The summed E-state index contributed by atoms with van der Waals surface area (Å²) in [5.74, 6) is 0. The zero-order valence-corrected chi connectivity index (χ0v) is 31.0. The lowest BCUT2D eigenvalue weighted by Gasteiger charge is -2.25. The van der Waals surface area contributed by atoms with E-state index in [0.717, 1.165) is 78.7 Å². The van der Waals surface area contributed by atoms with Crippen molar-refractivity contribution < 1.29 is 4.11 Å². The first-order valence-corrected chi connectivity index (χ1v) is 19.9. The molecule has 264 valence electrons. The topological polar surface area (TPSA) is 4.93 Å². The Bertz CT molecular complexity index is 3720. The van der Waals surface area contributed by atoms with Crippen molar-refractivity contribution in [3.05, 3.63) is 199 Å². The zero-order chi connectivity index (χ0) is 39.8. The standard InChI is InChI=1S/C56H35N/c1-2-12-44(13-3-1)57-51-15-5-4-14-47(51)50-33-40(24-29-52(50)57)41-30-42(45-25-20-38-18-16-34-8-6-10-36-22-27-48(45)55(38)53(34)36)32-43(31-41)46-26-21-39-19-17-35-9-7-11-37-23-28-49(46)56(39)54(35)37/h1-10,12-27,29-33H,11,28H2/i30D,31D,32D. The third-order valence-electron chi connectivity index (χ3n) is 12.6. The molecule has 2 aliphatic rings. The van der Waals surface area contributed by atoms with Crippen molar-refractivity contribution in [2.24, 2.45) is 0 Å². The molecule has 1 nitrogen and oxygen atoms in total. The largest absolute Gasteiger partial charge is 0.309 e. The fraction of sp³-hybridized carbons (Fsp3) is 0.0357. The van der Waals surface area contributed by atoms with Crippen molar-refractivity contribution in [3.63, 3.8) is 0 Å². The third kappa shape index (κ3) is 4.46. The highest BCUT2D eigenvalue weighted by molar-refractivity contribution is 6.25. The molecule has 0 unspecified atom stereocenters. The molecule has 11 aromatic rings. The lowest BCUT2D eigenvalue weighted by Crippen LogP contribution is -2.04. The molecule has 57 heavy (non-hydrogen) atoms. The second kappa shape index (κ2) is 11.6. The van der Waals surface area contributed by atoms with Gasteiger partial charge in [0.15, 0.2) is 0 Å². The van der Waals surface area contributed by atoms with E-state index in [9.17, 15) is 4.11 Å². The highest BCUT2D eigenvalue weighted by atomic mass is 15.0. The number of allylic oxidation sites excluding steroid dienone is 3. The van der Waals surface area contributed by atoms with Crippen molar-refractivity contribution in [1.82, 2.24) is 4.57 Å². The Morgan fingerprint density at radius 1 is 0.456 bits per heavy atom. The van der Waals surface area contributed by atoms with Crippen LogP contribution in [-0.2, 0) is 6.42 Å². The molecule has 0 amide bonds. The van der Waals surface area contributed by atoms with Gasteiger partial charge in [0.2, 0.25) is 0 Å². The van der Waals surface area contributed by atoms with E-state index >= 15 is 0 Å². The number of nitrogens with zero attached hydrogens (tertiary/aromatic N) is 1. The number of aromatic nitrogens is 1. The summed E-state index contributed by atoms with van der Waals surface area (Å²) >= 11 is 0. The van der Waals surface area contributed by atoms with Crippen LogP contribution in [0.2, 0.25) is 0 Å². The summed E-state index contributed by atoms with van der Waals surface area (Å²) in [6.07, 6.45) is 8.45. The highest BCUT2D eigenvalue weighted by Crippen LogP contribution is 2.46. The Kier molecular flexibility index (Phi) is 5.77. The number of rotatable bonds is 4. The van der Waals surface area contributed by atoms with Gasteiger partial charge in [0.1, 0.15) is 0 Å². The van der Waals surface area contributed by atoms with E-state index in [1.807, 2.05) is 6.07 Å². The SMILES string of the molecule is [2H]c1c(-c2ccc3c(c2)c2ccccc2n3-c2ccccc2)c([2H])c(-c2ccc3ccc4cccc5ccc2c3c45)c([2H])c1-c1ccc2ccc3c4c2c1CC=C4CC=C3. The number of hydrogen-bond acceptors (Lipinski definition) is 0. The van der Waals surface area contributed by atoms with Crippen LogP contribution in [0.5, 0.6) is 0 Å². The van der Waals surface area contributed by atoms with Crippen molar-refractivity contribution in [3.8, 4) is 39.1 Å². The van der Waals surface area contributed by atoms with Crippen molar-refractivity contribution in [2.75, 3.05) is 0 Å². The van der Waals surface area contributed by atoms with Crippen molar-refractivity contribution >= 4 is 76.5 Å². The van der Waals surface area contributed by atoms with Crippen molar-refractivity contribution in [1.29, 1.82) is 0 Å². The van der Waals surface area contributed by atoms with Crippen LogP contribution >= 0.6 is 0 Å². The molecular weight excluding hydrogens is 687 g/mol. The third-order valence-corrected chi connectivity index (χ3v) is 12.6. The molecule has 0 N–H and O–H groups in total. The van der Waals surface area contributed by atoms with Crippen LogP contribution in [0, 0.1) is 0 Å². The Labute approximate surface area is 334 Å². The summed E-state index contributed by atoms with van der Waals surface area (Å²) in [6, 6.07) is 54.1. The quantitative estimate of drug-likeness (QED) is 0.159. The molecule has 1 heterocycles. The van der Waals surface area contributed by atoms with Gasteiger partial charge in [0, 0.05) is 16.5 Å². The predicted octanol–water partition coefficient (Wildman–Crippen LogP) is 15.2. The smallest absolute Gasteiger partial charge is 0.0636 e. The fourth-order valence-electron chi connectivity index (χ4n) is 10.1. The summed E-state index contributed by atoms with van der Waals surface area (Å²) in [4.78, 5) is 0. The van der Waals surface area contributed by atoms with E-state index in [4.69, 9.17) is 0 Å². The van der Waals surface area contributed by atoms with Crippen LogP contribution in [0.15, 0.2) is 182 Å². The highest BCUT2D eigenvalue weighted by Gasteiger charge is 2.23. The van der Waals surface area contributed by atoms with Gasteiger partial charge in [-0.3, -0.25) is 0 Å². The Hall–Kier alpha value is -7.22.